The first kappa shape index (κ1) is 19.5. The lowest BCUT2D eigenvalue weighted by molar-refractivity contribution is 0.107. The van der Waals surface area contributed by atoms with Crippen molar-refractivity contribution in [1.29, 1.82) is 0 Å². The van der Waals surface area contributed by atoms with E-state index < -0.39 is 6.10 Å². The molecule has 3 rings (SSSR count). The number of aliphatic hydroxyl groups excluding tert-OH is 1. The van der Waals surface area contributed by atoms with Crippen LogP contribution in [0.15, 0.2) is 36.4 Å². The first-order valence-corrected chi connectivity index (χ1v) is 9.46. The zero-order valence-corrected chi connectivity index (χ0v) is 16.7. The van der Waals surface area contributed by atoms with Crippen LogP contribution >= 0.6 is 0 Å². The number of rotatable bonds is 6. The van der Waals surface area contributed by atoms with E-state index in [9.17, 15) is 5.11 Å². The van der Waals surface area contributed by atoms with Gasteiger partial charge < -0.3 is 19.5 Å². The highest BCUT2D eigenvalue weighted by molar-refractivity contribution is 5.55. The molecule has 0 bridgehead atoms. The summed E-state index contributed by atoms with van der Waals surface area (Å²) in [6, 6.07) is 12.2. The van der Waals surface area contributed by atoms with Crippen LogP contribution in [-0.2, 0) is 0 Å². The summed E-state index contributed by atoms with van der Waals surface area (Å²) in [5.74, 6) is 1.42. The number of hydrogen-bond donors (Lipinski definition) is 1. The topological polar surface area (TPSA) is 45.2 Å². The molecule has 1 fully saturated rings. The highest BCUT2D eigenvalue weighted by atomic mass is 16.5. The van der Waals surface area contributed by atoms with E-state index in [-0.39, 0.29) is 0 Å². The van der Waals surface area contributed by atoms with Gasteiger partial charge in [0.2, 0.25) is 0 Å². The number of aryl methyl sites for hydroxylation is 2. The molecule has 0 aliphatic carbocycles. The van der Waals surface area contributed by atoms with Gasteiger partial charge in [-0.2, -0.15) is 0 Å². The molecule has 0 saturated carbocycles. The molecule has 1 N–H and O–H groups in total. The van der Waals surface area contributed by atoms with Gasteiger partial charge in [0.1, 0.15) is 11.5 Å². The van der Waals surface area contributed by atoms with E-state index in [1.165, 1.54) is 16.8 Å². The van der Waals surface area contributed by atoms with Gasteiger partial charge in [0.25, 0.3) is 0 Å². The molecule has 2 aromatic rings. The first-order valence-electron chi connectivity index (χ1n) is 9.46. The number of β-amino-alcohol motifs (C(OH)–C–C–N with tert-alkyl or cyclic N) is 1. The number of anilines is 1. The van der Waals surface area contributed by atoms with Crippen molar-refractivity contribution in [3.05, 3.63) is 53.1 Å². The average Bonchev–Trinajstić information content (AvgIpc) is 2.70. The maximum Gasteiger partial charge on any atom is 0.124 e. The lowest BCUT2D eigenvalue weighted by atomic mass is 10.1. The summed E-state index contributed by atoms with van der Waals surface area (Å²) in [6.07, 6.45) is -0.609. The zero-order valence-electron chi connectivity index (χ0n) is 16.7. The molecule has 5 nitrogen and oxygen atoms in total. The van der Waals surface area contributed by atoms with Crippen molar-refractivity contribution in [2.45, 2.75) is 20.0 Å². The Morgan fingerprint density at radius 1 is 0.963 bits per heavy atom. The van der Waals surface area contributed by atoms with Crippen molar-refractivity contribution in [2.24, 2.45) is 0 Å². The molecule has 1 saturated heterocycles. The summed E-state index contributed by atoms with van der Waals surface area (Å²) in [6.45, 7) is 8.67. The third-order valence-electron chi connectivity index (χ3n) is 5.30. The van der Waals surface area contributed by atoms with Crippen molar-refractivity contribution in [3.63, 3.8) is 0 Å². The number of ether oxygens (including phenoxy) is 2. The average molecular weight is 370 g/mol. The number of hydrogen-bond acceptors (Lipinski definition) is 5. The Morgan fingerprint density at radius 3 is 2.37 bits per heavy atom. The van der Waals surface area contributed by atoms with Gasteiger partial charge in [0.15, 0.2) is 0 Å². The fourth-order valence-corrected chi connectivity index (χ4v) is 3.67. The predicted molar refractivity (Wildman–Crippen MR) is 109 cm³/mol. The van der Waals surface area contributed by atoms with Gasteiger partial charge in [-0.3, -0.25) is 4.90 Å². The van der Waals surface area contributed by atoms with Crippen LogP contribution in [0.25, 0.3) is 0 Å². The molecule has 1 aliphatic heterocycles. The van der Waals surface area contributed by atoms with Crippen LogP contribution in [0.1, 0.15) is 22.8 Å². The third kappa shape index (κ3) is 4.54. The van der Waals surface area contributed by atoms with Gasteiger partial charge in [-0.1, -0.05) is 12.1 Å². The van der Waals surface area contributed by atoms with Gasteiger partial charge in [-0.15, -0.1) is 0 Å². The predicted octanol–water partition coefficient (Wildman–Crippen LogP) is 3.18. The largest absolute Gasteiger partial charge is 0.497 e. The Hall–Kier alpha value is -2.24. The smallest absolute Gasteiger partial charge is 0.124 e. The number of aliphatic hydroxyl groups is 1. The molecule has 1 atom stereocenters. The standard InChI is InChI=1S/C22H30N2O3/c1-16-5-6-17(2)20(13-16)24-11-9-23(10-12-24)15-21(25)19-14-18(26-3)7-8-22(19)27-4/h5-8,13-14,21,25H,9-12,15H2,1-4H3/t21-/m0/s1. The van der Waals surface area contributed by atoms with Crippen LogP contribution in [0.2, 0.25) is 0 Å². The molecule has 1 aliphatic rings. The summed E-state index contributed by atoms with van der Waals surface area (Å²) in [7, 11) is 3.26. The number of nitrogens with zero attached hydrogens (tertiary/aromatic N) is 2. The summed E-state index contributed by atoms with van der Waals surface area (Å²) in [5.41, 5.74) is 4.70. The first-order chi connectivity index (χ1) is 13.0. The molecule has 1 heterocycles. The summed E-state index contributed by atoms with van der Waals surface area (Å²) in [5, 5.41) is 10.8. The molecule has 0 amide bonds. The highest BCUT2D eigenvalue weighted by Crippen LogP contribution is 2.30. The second-order valence-corrected chi connectivity index (χ2v) is 7.20. The Balaban J connectivity index is 1.63. The molecule has 0 spiro atoms. The Kier molecular flexibility index (Phi) is 6.24. The van der Waals surface area contributed by atoms with Crippen LogP contribution in [0.5, 0.6) is 11.5 Å². The van der Waals surface area contributed by atoms with E-state index in [0.29, 0.717) is 12.3 Å². The van der Waals surface area contributed by atoms with Crippen LogP contribution in [0.3, 0.4) is 0 Å². The highest BCUT2D eigenvalue weighted by Gasteiger charge is 2.23. The normalized spacial score (nSPS) is 16.3. The number of methoxy groups -OCH3 is 2. The lowest BCUT2D eigenvalue weighted by Gasteiger charge is -2.37. The number of piperazine rings is 1. The monoisotopic (exact) mass is 370 g/mol. The fraction of sp³-hybridized carbons (Fsp3) is 0.455. The second kappa shape index (κ2) is 8.63. The SMILES string of the molecule is COc1ccc(OC)c([C@@H](O)CN2CCN(c3cc(C)ccc3C)CC2)c1. The molecular formula is C22H30N2O3. The molecule has 0 aromatic heterocycles. The molecule has 27 heavy (non-hydrogen) atoms. The van der Waals surface area contributed by atoms with Crippen molar-refractivity contribution in [1.82, 2.24) is 4.90 Å². The van der Waals surface area contributed by atoms with Crippen molar-refractivity contribution >= 4 is 5.69 Å². The van der Waals surface area contributed by atoms with E-state index in [0.717, 1.165) is 37.5 Å². The van der Waals surface area contributed by atoms with Gasteiger partial charge >= 0.3 is 0 Å². The van der Waals surface area contributed by atoms with E-state index >= 15 is 0 Å². The third-order valence-corrected chi connectivity index (χ3v) is 5.30. The van der Waals surface area contributed by atoms with Crippen LogP contribution in [0.4, 0.5) is 5.69 Å². The minimum Gasteiger partial charge on any atom is -0.497 e. The maximum absolute atomic E-state index is 10.8. The Bertz CT molecular complexity index is 770. The van der Waals surface area contributed by atoms with Gasteiger partial charge in [-0.05, 0) is 49.2 Å². The molecule has 0 unspecified atom stereocenters. The molecule has 0 radical (unpaired) electrons. The van der Waals surface area contributed by atoms with E-state index in [2.05, 4.69) is 41.8 Å². The molecular weight excluding hydrogens is 340 g/mol. The van der Waals surface area contributed by atoms with Gasteiger partial charge in [0.05, 0.1) is 20.3 Å². The lowest BCUT2D eigenvalue weighted by Crippen LogP contribution is -2.47. The van der Waals surface area contributed by atoms with Gasteiger partial charge in [0, 0.05) is 44.0 Å². The molecule has 5 heteroatoms. The zero-order chi connectivity index (χ0) is 19.4. The van der Waals surface area contributed by atoms with Crippen LogP contribution in [-0.4, -0.2) is 56.9 Å². The van der Waals surface area contributed by atoms with Crippen molar-refractivity contribution in [3.8, 4) is 11.5 Å². The summed E-state index contributed by atoms with van der Waals surface area (Å²) in [4.78, 5) is 4.75. The van der Waals surface area contributed by atoms with Crippen LogP contribution < -0.4 is 14.4 Å². The quantitative estimate of drug-likeness (QED) is 0.846. The summed E-state index contributed by atoms with van der Waals surface area (Å²) < 4.78 is 10.7. The second-order valence-electron chi connectivity index (χ2n) is 7.20. The van der Waals surface area contributed by atoms with Crippen LogP contribution in [0, 0.1) is 13.8 Å². The van der Waals surface area contributed by atoms with Crippen molar-refractivity contribution in [2.75, 3.05) is 51.8 Å². The fourth-order valence-electron chi connectivity index (χ4n) is 3.67. The minimum atomic E-state index is -0.609. The summed E-state index contributed by atoms with van der Waals surface area (Å²) >= 11 is 0. The van der Waals surface area contributed by atoms with E-state index in [4.69, 9.17) is 9.47 Å². The van der Waals surface area contributed by atoms with E-state index in [1.807, 2.05) is 18.2 Å². The molecule has 2 aromatic carbocycles. The maximum atomic E-state index is 10.8. The number of benzene rings is 2. The van der Waals surface area contributed by atoms with Crippen molar-refractivity contribution < 1.29 is 14.6 Å². The van der Waals surface area contributed by atoms with Gasteiger partial charge in [-0.25, -0.2) is 0 Å². The molecule has 146 valence electrons. The minimum absolute atomic E-state index is 0.587. The Morgan fingerprint density at radius 2 is 1.70 bits per heavy atom. The Labute approximate surface area is 162 Å². The van der Waals surface area contributed by atoms with E-state index in [1.54, 1.807) is 14.2 Å².